The Kier molecular flexibility index (Phi) is 5.48. The van der Waals surface area contributed by atoms with E-state index in [1.54, 1.807) is 6.92 Å². The molecule has 8 nitrogen and oxygen atoms in total. The molecule has 0 aromatic carbocycles. The minimum atomic E-state index is -1.23. The number of hydrogen-bond donors (Lipinski definition) is 3. The second kappa shape index (κ2) is 6.88. The van der Waals surface area contributed by atoms with E-state index in [9.17, 15) is 19.2 Å². The molecule has 0 aromatic rings. The van der Waals surface area contributed by atoms with Crippen molar-refractivity contribution in [2.45, 2.75) is 44.7 Å². The van der Waals surface area contributed by atoms with Crippen molar-refractivity contribution in [2.24, 2.45) is 0 Å². The van der Waals surface area contributed by atoms with Gasteiger partial charge in [0.15, 0.2) is 0 Å². The van der Waals surface area contributed by atoms with E-state index in [0.717, 1.165) is 4.90 Å². The minimum absolute atomic E-state index is 0.136. The predicted molar refractivity (Wildman–Crippen MR) is 66.8 cm³/mol. The van der Waals surface area contributed by atoms with Crippen LogP contribution in [0.4, 0.5) is 0 Å². The van der Waals surface area contributed by atoms with Crippen molar-refractivity contribution in [3.8, 4) is 0 Å². The highest BCUT2D eigenvalue weighted by atomic mass is 16.4. The first kappa shape index (κ1) is 15.9. The largest absolute Gasteiger partial charge is 0.480 e. The molecule has 2 atom stereocenters. The van der Waals surface area contributed by atoms with Crippen LogP contribution < -0.4 is 5.32 Å². The lowest BCUT2D eigenvalue weighted by molar-refractivity contribution is -0.157. The number of piperidine rings is 1. The Balaban J connectivity index is 2.74. The van der Waals surface area contributed by atoms with Gasteiger partial charge in [0.1, 0.15) is 12.1 Å². The average Bonchev–Trinajstić information content (AvgIpc) is 2.43. The fourth-order valence-corrected chi connectivity index (χ4v) is 2.12. The molecule has 2 amide bonds. The first-order valence-corrected chi connectivity index (χ1v) is 6.45. The Morgan fingerprint density at radius 1 is 1.25 bits per heavy atom. The van der Waals surface area contributed by atoms with Gasteiger partial charge in [0, 0.05) is 6.54 Å². The molecule has 112 valence electrons. The van der Waals surface area contributed by atoms with Gasteiger partial charge < -0.3 is 20.4 Å². The van der Waals surface area contributed by atoms with Gasteiger partial charge in [-0.3, -0.25) is 9.59 Å². The van der Waals surface area contributed by atoms with Crippen LogP contribution in [0.15, 0.2) is 0 Å². The normalized spacial score (nSPS) is 20.1. The van der Waals surface area contributed by atoms with Crippen molar-refractivity contribution in [1.82, 2.24) is 10.2 Å². The summed E-state index contributed by atoms with van der Waals surface area (Å²) in [6.45, 7) is 1.75. The molecule has 0 bridgehead atoms. The van der Waals surface area contributed by atoms with Crippen LogP contribution in [0.5, 0.6) is 0 Å². The maximum absolute atomic E-state index is 11.9. The summed E-state index contributed by atoms with van der Waals surface area (Å²) in [7, 11) is 0. The Labute approximate surface area is 115 Å². The van der Waals surface area contributed by atoms with Gasteiger partial charge in [-0.15, -0.1) is 0 Å². The summed E-state index contributed by atoms with van der Waals surface area (Å²) in [5, 5.41) is 20.0. The highest BCUT2D eigenvalue weighted by molar-refractivity contribution is 6.35. The molecule has 0 spiro atoms. The SMILES string of the molecule is CC[C@@H](NC(=O)C(=O)N1CCCC[C@H]1C(=O)O)C(=O)O. The van der Waals surface area contributed by atoms with Gasteiger partial charge in [0.2, 0.25) is 0 Å². The van der Waals surface area contributed by atoms with Crippen LogP contribution in [0, 0.1) is 0 Å². The molecule has 0 aliphatic carbocycles. The van der Waals surface area contributed by atoms with Crippen molar-refractivity contribution in [3.05, 3.63) is 0 Å². The molecule has 20 heavy (non-hydrogen) atoms. The van der Waals surface area contributed by atoms with E-state index in [4.69, 9.17) is 10.2 Å². The number of carbonyl (C=O) groups excluding carboxylic acids is 2. The number of nitrogens with one attached hydrogen (secondary N) is 1. The maximum atomic E-state index is 11.9. The van der Waals surface area contributed by atoms with Gasteiger partial charge in [-0.1, -0.05) is 6.92 Å². The zero-order chi connectivity index (χ0) is 15.3. The first-order valence-electron chi connectivity index (χ1n) is 6.45. The number of hydrogen-bond acceptors (Lipinski definition) is 4. The summed E-state index contributed by atoms with van der Waals surface area (Å²) in [5.41, 5.74) is 0. The van der Waals surface area contributed by atoms with Crippen molar-refractivity contribution in [2.75, 3.05) is 6.54 Å². The van der Waals surface area contributed by atoms with Crippen LogP contribution in [0.2, 0.25) is 0 Å². The van der Waals surface area contributed by atoms with E-state index in [1.807, 2.05) is 0 Å². The quantitative estimate of drug-likeness (QED) is 0.595. The molecule has 1 fully saturated rings. The molecule has 0 saturated carbocycles. The number of likely N-dealkylation sites (tertiary alicyclic amines) is 1. The van der Waals surface area contributed by atoms with Gasteiger partial charge in [-0.05, 0) is 25.7 Å². The fraction of sp³-hybridized carbons (Fsp3) is 0.667. The molecule has 0 unspecified atom stereocenters. The van der Waals surface area contributed by atoms with E-state index in [1.165, 1.54) is 0 Å². The van der Waals surface area contributed by atoms with Gasteiger partial charge in [0.05, 0.1) is 0 Å². The highest BCUT2D eigenvalue weighted by Crippen LogP contribution is 2.17. The van der Waals surface area contributed by atoms with Crippen molar-refractivity contribution < 1.29 is 29.4 Å². The molecule has 1 aliphatic heterocycles. The van der Waals surface area contributed by atoms with Gasteiger partial charge in [-0.2, -0.15) is 0 Å². The summed E-state index contributed by atoms with van der Waals surface area (Å²) >= 11 is 0. The van der Waals surface area contributed by atoms with Gasteiger partial charge in [-0.25, -0.2) is 9.59 Å². The van der Waals surface area contributed by atoms with E-state index < -0.39 is 35.8 Å². The molecular weight excluding hydrogens is 268 g/mol. The smallest absolute Gasteiger partial charge is 0.326 e. The highest BCUT2D eigenvalue weighted by Gasteiger charge is 2.35. The lowest BCUT2D eigenvalue weighted by atomic mass is 10.0. The Morgan fingerprint density at radius 2 is 1.90 bits per heavy atom. The second-order valence-electron chi connectivity index (χ2n) is 4.62. The monoisotopic (exact) mass is 286 g/mol. The van der Waals surface area contributed by atoms with Gasteiger partial charge in [0.25, 0.3) is 0 Å². The number of amides is 2. The fourth-order valence-electron chi connectivity index (χ4n) is 2.12. The van der Waals surface area contributed by atoms with Crippen molar-refractivity contribution >= 4 is 23.8 Å². The third kappa shape index (κ3) is 3.69. The maximum Gasteiger partial charge on any atom is 0.326 e. The zero-order valence-electron chi connectivity index (χ0n) is 11.2. The summed E-state index contributed by atoms with van der Waals surface area (Å²) in [6.07, 6.45) is 1.73. The summed E-state index contributed by atoms with van der Waals surface area (Å²) in [6, 6.07) is -2.17. The molecular formula is C12H18N2O6. The van der Waals surface area contributed by atoms with Crippen LogP contribution in [-0.4, -0.2) is 57.5 Å². The summed E-state index contributed by atoms with van der Waals surface area (Å²) in [5.74, 6) is -4.46. The first-order chi connectivity index (χ1) is 9.38. The number of nitrogens with zero attached hydrogens (tertiary/aromatic N) is 1. The molecule has 0 radical (unpaired) electrons. The lowest BCUT2D eigenvalue weighted by Gasteiger charge is -2.32. The van der Waals surface area contributed by atoms with Crippen LogP contribution in [0.1, 0.15) is 32.6 Å². The average molecular weight is 286 g/mol. The number of aliphatic carboxylic acids is 2. The third-order valence-electron chi connectivity index (χ3n) is 3.25. The van der Waals surface area contributed by atoms with Crippen LogP contribution in [-0.2, 0) is 19.2 Å². The minimum Gasteiger partial charge on any atom is -0.480 e. The lowest BCUT2D eigenvalue weighted by Crippen LogP contribution is -2.54. The Morgan fingerprint density at radius 3 is 2.40 bits per heavy atom. The topological polar surface area (TPSA) is 124 Å². The standard InChI is InChI=1S/C12H18N2O6/c1-2-7(11(17)18)13-9(15)10(16)14-6-4-3-5-8(14)12(19)20/h7-8H,2-6H2,1H3,(H,13,15)(H,17,18)(H,19,20)/t7-,8+/m1/s1. The van der Waals surface area contributed by atoms with Crippen LogP contribution in [0.3, 0.4) is 0 Å². The Hall–Kier alpha value is -2.12. The molecule has 1 heterocycles. The number of carbonyl (C=O) groups is 4. The van der Waals surface area contributed by atoms with Crippen LogP contribution >= 0.6 is 0 Å². The second-order valence-corrected chi connectivity index (χ2v) is 4.62. The molecule has 1 saturated heterocycles. The molecule has 0 aromatic heterocycles. The number of rotatable bonds is 4. The zero-order valence-corrected chi connectivity index (χ0v) is 11.2. The van der Waals surface area contributed by atoms with Crippen molar-refractivity contribution in [3.63, 3.8) is 0 Å². The van der Waals surface area contributed by atoms with Gasteiger partial charge >= 0.3 is 23.8 Å². The van der Waals surface area contributed by atoms with E-state index >= 15 is 0 Å². The summed E-state index contributed by atoms with van der Waals surface area (Å²) in [4.78, 5) is 46.5. The Bertz CT molecular complexity index is 422. The van der Waals surface area contributed by atoms with Crippen molar-refractivity contribution in [1.29, 1.82) is 0 Å². The molecule has 3 N–H and O–H groups in total. The van der Waals surface area contributed by atoms with E-state index in [0.29, 0.717) is 19.3 Å². The molecule has 1 rings (SSSR count). The third-order valence-corrected chi connectivity index (χ3v) is 3.25. The number of carboxylic acid groups (broad SMARTS) is 2. The van der Waals surface area contributed by atoms with Crippen LogP contribution in [0.25, 0.3) is 0 Å². The summed E-state index contributed by atoms with van der Waals surface area (Å²) < 4.78 is 0. The van der Waals surface area contributed by atoms with E-state index in [2.05, 4.69) is 5.32 Å². The molecule has 8 heteroatoms. The predicted octanol–water partition coefficient (Wildman–Crippen LogP) is -0.568. The number of carboxylic acids is 2. The van der Waals surface area contributed by atoms with E-state index in [-0.39, 0.29) is 13.0 Å². The molecule has 1 aliphatic rings.